The van der Waals surface area contributed by atoms with Crippen molar-refractivity contribution in [1.82, 2.24) is 9.29 Å². The molecule has 8 heteroatoms. The van der Waals surface area contributed by atoms with Crippen LogP contribution in [0.4, 0.5) is 5.13 Å². The largest absolute Gasteiger partial charge is 0.348 e. The van der Waals surface area contributed by atoms with Gasteiger partial charge < -0.3 is 4.90 Å². The van der Waals surface area contributed by atoms with Crippen molar-refractivity contribution in [3.05, 3.63) is 22.7 Å². The fraction of sp³-hybridized carbons (Fsp3) is 0.500. The molecule has 0 bridgehead atoms. The molecule has 1 aliphatic rings. The molecule has 0 unspecified atom stereocenters. The lowest BCUT2D eigenvalue weighted by Gasteiger charge is -2.35. The van der Waals surface area contributed by atoms with Crippen LogP contribution in [0.15, 0.2) is 22.7 Å². The minimum Gasteiger partial charge on any atom is -0.348 e. The fourth-order valence-electron chi connectivity index (χ4n) is 2.71. The molecule has 120 valence electrons. The van der Waals surface area contributed by atoms with Crippen LogP contribution < -0.4 is 4.90 Å². The standard InChI is InChI=1S/C14H18BrN3O2S2/c1-17(22(2,19)20)11-5-7-18(8-6-11)14-16-12-4-3-10(15)9-13(12)21-14/h3-4,9,11H,5-8H2,1-2H3. The van der Waals surface area contributed by atoms with Crippen LogP contribution in [0.2, 0.25) is 0 Å². The average Bonchev–Trinajstić information content (AvgIpc) is 2.88. The van der Waals surface area contributed by atoms with Crippen molar-refractivity contribution >= 4 is 52.6 Å². The van der Waals surface area contributed by atoms with Gasteiger partial charge in [-0.15, -0.1) is 0 Å². The Kier molecular flexibility index (Phi) is 4.46. The lowest BCUT2D eigenvalue weighted by molar-refractivity contribution is 0.314. The van der Waals surface area contributed by atoms with Gasteiger partial charge in [-0.1, -0.05) is 27.3 Å². The van der Waals surface area contributed by atoms with Crippen LogP contribution in [0.5, 0.6) is 0 Å². The van der Waals surface area contributed by atoms with E-state index in [1.54, 1.807) is 18.4 Å². The Morgan fingerprint density at radius 3 is 2.68 bits per heavy atom. The number of nitrogens with zero attached hydrogens (tertiary/aromatic N) is 3. The molecule has 1 aromatic heterocycles. The first-order valence-corrected chi connectivity index (χ1v) is 10.5. The molecule has 0 saturated carbocycles. The highest BCUT2D eigenvalue weighted by molar-refractivity contribution is 9.10. The highest BCUT2D eigenvalue weighted by atomic mass is 79.9. The maximum atomic E-state index is 11.6. The lowest BCUT2D eigenvalue weighted by Crippen LogP contribution is -2.45. The van der Waals surface area contributed by atoms with Crippen LogP contribution in [0.3, 0.4) is 0 Å². The quantitative estimate of drug-likeness (QED) is 0.790. The van der Waals surface area contributed by atoms with Crippen molar-refractivity contribution in [2.45, 2.75) is 18.9 Å². The highest BCUT2D eigenvalue weighted by Crippen LogP contribution is 2.32. The van der Waals surface area contributed by atoms with E-state index in [0.717, 1.165) is 41.1 Å². The molecule has 0 N–H and O–H groups in total. The van der Waals surface area contributed by atoms with E-state index in [9.17, 15) is 8.42 Å². The van der Waals surface area contributed by atoms with Crippen molar-refractivity contribution in [3.8, 4) is 0 Å². The monoisotopic (exact) mass is 403 g/mol. The third-order valence-corrected chi connectivity index (χ3v) is 7.03. The maximum Gasteiger partial charge on any atom is 0.211 e. The summed E-state index contributed by atoms with van der Waals surface area (Å²) in [5.41, 5.74) is 1.01. The molecule has 2 heterocycles. The zero-order valence-corrected chi connectivity index (χ0v) is 15.7. The van der Waals surface area contributed by atoms with Crippen LogP contribution in [0.1, 0.15) is 12.8 Å². The molecular formula is C14H18BrN3O2S2. The van der Waals surface area contributed by atoms with Gasteiger partial charge in [0, 0.05) is 30.7 Å². The molecule has 0 aliphatic carbocycles. The van der Waals surface area contributed by atoms with Gasteiger partial charge in [0.2, 0.25) is 10.0 Å². The normalized spacial score (nSPS) is 17.5. The van der Waals surface area contributed by atoms with Gasteiger partial charge in [0.05, 0.1) is 16.5 Å². The molecule has 0 amide bonds. The predicted octanol–water partition coefficient (Wildman–Crippen LogP) is 2.92. The van der Waals surface area contributed by atoms with Gasteiger partial charge in [-0.3, -0.25) is 0 Å². The van der Waals surface area contributed by atoms with Crippen molar-refractivity contribution in [2.24, 2.45) is 0 Å². The van der Waals surface area contributed by atoms with Gasteiger partial charge in [-0.25, -0.2) is 17.7 Å². The molecule has 1 saturated heterocycles. The molecule has 22 heavy (non-hydrogen) atoms. The second kappa shape index (κ2) is 6.07. The summed E-state index contributed by atoms with van der Waals surface area (Å²) >= 11 is 5.17. The summed E-state index contributed by atoms with van der Waals surface area (Å²) in [7, 11) is -1.44. The maximum absolute atomic E-state index is 11.6. The SMILES string of the molecule is CN(C1CCN(c2nc3ccc(Br)cc3s2)CC1)S(C)(=O)=O. The molecule has 2 aromatic rings. The molecule has 1 aromatic carbocycles. The topological polar surface area (TPSA) is 53.5 Å². The van der Waals surface area contributed by atoms with E-state index in [-0.39, 0.29) is 6.04 Å². The van der Waals surface area contributed by atoms with E-state index >= 15 is 0 Å². The van der Waals surface area contributed by atoms with E-state index in [1.165, 1.54) is 15.3 Å². The van der Waals surface area contributed by atoms with Crippen molar-refractivity contribution in [3.63, 3.8) is 0 Å². The number of sulfonamides is 1. The first-order chi connectivity index (χ1) is 10.3. The molecule has 1 aliphatic heterocycles. The van der Waals surface area contributed by atoms with Crippen LogP contribution in [-0.4, -0.2) is 50.1 Å². The molecule has 0 atom stereocenters. The zero-order chi connectivity index (χ0) is 15.9. The van der Waals surface area contributed by atoms with E-state index < -0.39 is 10.0 Å². The minimum atomic E-state index is -3.11. The summed E-state index contributed by atoms with van der Waals surface area (Å²) in [6.45, 7) is 1.68. The minimum absolute atomic E-state index is 0.0924. The summed E-state index contributed by atoms with van der Waals surface area (Å²) in [5, 5.41) is 1.02. The van der Waals surface area contributed by atoms with Crippen LogP contribution >= 0.6 is 27.3 Å². The number of anilines is 1. The number of piperidine rings is 1. The van der Waals surface area contributed by atoms with Gasteiger partial charge in [0.1, 0.15) is 0 Å². The van der Waals surface area contributed by atoms with E-state index in [1.807, 2.05) is 12.1 Å². The van der Waals surface area contributed by atoms with Crippen LogP contribution in [0, 0.1) is 0 Å². The number of hydrogen-bond donors (Lipinski definition) is 0. The number of fused-ring (bicyclic) bond motifs is 1. The number of hydrogen-bond acceptors (Lipinski definition) is 5. The molecule has 1 fully saturated rings. The Bertz CT molecular complexity index is 782. The fourth-order valence-corrected chi connectivity index (χ4v) is 5.03. The summed E-state index contributed by atoms with van der Waals surface area (Å²) in [4.78, 5) is 6.94. The first-order valence-electron chi connectivity index (χ1n) is 7.08. The third-order valence-electron chi connectivity index (χ3n) is 4.11. The molecule has 3 rings (SSSR count). The van der Waals surface area contributed by atoms with Crippen LogP contribution in [0.25, 0.3) is 10.2 Å². The summed E-state index contributed by atoms with van der Waals surface area (Å²) < 4.78 is 27.0. The van der Waals surface area contributed by atoms with Gasteiger partial charge in [0.25, 0.3) is 0 Å². The van der Waals surface area contributed by atoms with Crippen molar-refractivity contribution in [2.75, 3.05) is 31.3 Å². The number of rotatable bonds is 3. The van der Waals surface area contributed by atoms with Gasteiger partial charge in [0.15, 0.2) is 5.13 Å². The van der Waals surface area contributed by atoms with E-state index in [2.05, 4.69) is 31.9 Å². The van der Waals surface area contributed by atoms with E-state index in [4.69, 9.17) is 0 Å². The Morgan fingerprint density at radius 1 is 1.36 bits per heavy atom. The van der Waals surface area contributed by atoms with E-state index in [0.29, 0.717) is 0 Å². The van der Waals surface area contributed by atoms with Gasteiger partial charge >= 0.3 is 0 Å². The predicted molar refractivity (Wildman–Crippen MR) is 95.2 cm³/mol. The molecule has 0 radical (unpaired) electrons. The smallest absolute Gasteiger partial charge is 0.211 e. The van der Waals surface area contributed by atoms with Crippen LogP contribution in [-0.2, 0) is 10.0 Å². The van der Waals surface area contributed by atoms with Gasteiger partial charge in [-0.05, 0) is 31.0 Å². The second-order valence-corrected chi connectivity index (χ2v) is 9.57. The molecule has 0 spiro atoms. The lowest BCUT2D eigenvalue weighted by atomic mass is 10.1. The van der Waals surface area contributed by atoms with Gasteiger partial charge in [-0.2, -0.15) is 0 Å². The Hall–Kier alpha value is -0.700. The summed E-state index contributed by atoms with van der Waals surface area (Å²) in [5.74, 6) is 0. The summed E-state index contributed by atoms with van der Waals surface area (Å²) in [6, 6.07) is 6.19. The second-order valence-electron chi connectivity index (χ2n) is 5.61. The number of aromatic nitrogens is 1. The average molecular weight is 404 g/mol. The molecular weight excluding hydrogens is 386 g/mol. The zero-order valence-electron chi connectivity index (χ0n) is 12.5. The van der Waals surface area contributed by atoms with Crippen molar-refractivity contribution < 1.29 is 8.42 Å². The van der Waals surface area contributed by atoms with Crippen molar-refractivity contribution in [1.29, 1.82) is 0 Å². The third kappa shape index (κ3) is 3.29. The number of halogens is 1. The Balaban J connectivity index is 1.72. The highest BCUT2D eigenvalue weighted by Gasteiger charge is 2.28. The number of benzene rings is 1. The first kappa shape index (κ1) is 16.2. The Morgan fingerprint density at radius 2 is 2.05 bits per heavy atom. The summed E-state index contributed by atoms with van der Waals surface area (Å²) in [6.07, 6.45) is 2.94. The Labute approximate surface area is 143 Å². The molecule has 5 nitrogen and oxygen atoms in total. The number of thiazole rings is 1.